The molecule has 2 aliphatic carbocycles. The Morgan fingerprint density at radius 1 is 0.919 bits per heavy atom. The molecular weight excluding hydrogens is 462 g/mol. The fraction of sp³-hybridized carbons (Fsp3) is 0.467. The minimum atomic E-state index is -0.363. The summed E-state index contributed by atoms with van der Waals surface area (Å²) in [7, 11) is 0. The highest BCUT2D eigenvalue weighted by Crippen LogP contribution is 2.50. The maximum absolute atomic E-state index is 13.6. The van der Waals surface area contributed by atoms with E-state index < -0.39 is 0 Å². The second kappa shape index (κ2) is 9.43. The van der Waals surface area contributed by atoms with Crippen molar-refractivity contribution in [2.45, 2.75) is 70.3 Å². The minimum Gasteiger partial charge on any atom is -0.341 e. The van der Waals surface area contributed by atoms with Gasteiger partial charge in [0.1, 0.15) is 11.6 Å². The zero-order chi connectivity index (χ0) is 25.7. The molecule has 2 atom stereocenters. The average Bonchev–Trinajstić information content (AvgIpc) is 3.43. The molecular formula is C30H35N5O2. The van der Waals surface area contributed by atoms with Crippen LogP contribution in [0.3, 0.4) is 0 Å². The van der Waals surface area contributed by atoms with E-state index in [1.165, 1.54) is 5.56 Å². The molecule has 0 radical (unpaired) electrons. The van der Waals surface area contributed by atoms with Crippen molar-refractivity contribution in [3.05, 3.63) is 76.9 Å². The molecule has 2 heterocycles. The molecule has 192 valence electrons. The van der Waals surface area contributed by atoms with Gasteiger partial charge in [0, 0.05) is 37.7 Å². The predicted octanol–water partition coefficient (Wildman–Crippen LogP) is 5.09. The Balaban J connectivity index is 1.26. The number of carbonyl (C=O) groups excluding carboxylic acids is 2. The number of anilines is 1. The van der Waals surface area contributed by atoms with E-state index in [9.17, 15) is 9.59 Å². The van der Waals surface area contributed by atoms with Gasteiger partial charge in [0.25, 0.3) is 0 Å². The zero-order valence-corrected chi connectivity index (χ0v) is 21.9. The Kier molecular flexibility index (Phi) is 6.09. The third kappa shape index (κ3) is 4.56. The second-order valence-electron chi connectivity index (χ2n) is 11.2. The molecule has 2 saturated carbocycles. The summed E-state index contributed by atoms with van der Waals surface area (Å²) in [6.45, 7) is 6.54. The molecule has 3 aliphatic rings. The number of aryl methyl sites for hydroxylation is 2. The van der Waals surface area contributed by atoms with Gasteiger partial charge in [-0.3, -0.25) is 9.59 Å². The number of benzene rings is 2. The van der Waals surface area contributed by atoms with Crippen LogP contribution in [-0.4, -0.2) is 44.6 Å². The van der Waals surface area contributed by atoms with Gasteiger partial charge in [-0.25, -0.2) is 0 Å². The van der Waals surface area contributed by atoms with E-state index in [1.54, 1.807) is 11.8 Å². The van der Waals surface area contributed by atoms with Gasteiger partial charge in [-0.05, 0) is 62.6 Å². The van der Waals surface area contributed by atoms with Crippen LogP contribution in [0.5, 0.6) is 0 Å². The SMILES string of the molecule is CC(=O)N1C[C@H](C(=O)Nc2ccc(C)cc2C)[C@@H](c2nnc([C@H]3C[C@@H](c4ccccc4)C3)n2C2CC2)C1. The van der Waals surface area contributed by atoms with Crippen molar-refractivity contribution in [2.24, 2.45) is 5.92 Å². The highest BCUT2D eigenvalue weighted by molar-refractivity contribution is 5.94. The number of aromatic nitrogens is 3. The van der Waals surface area contributed by atoms with E-state index in [0.717, 1.165) is 54.1 Å². The third-order valence-corrected chi connectivity index (χ3v) is 8.51. The first-order valence-corrected chi connectivity index (χ1v) is 13.5. The number of rotatable bonds is 6. The molecule has 0 spiro atoms. The van der Waals surface area contributed by atoms with E-state index in [0.29, 0.717) is 31.0 Å². The average molecular weight is 498 g/mol. The summed E-state index contributed by atoms with van der Waals surface area (Å²) in [5.74, 6) is 2.31. The molecule has 0 unspecified atom stereocenters. The molecule has 2 amide bonds. The van der Waals surface area contributed by atoms with Gasteiger partial charge in [-0.2, -0.15) is 0 Å². The van der Waals surface area contributed by atoms with Crippen LogP contribution in [0, 0.1) is 19.8 Å². The van der Waals surface area contributed by atoms with Gasteiger partial charge in [0.2, 0.25) is 11.8 Å². The first-order chi connectivity index (χ1) is 17.9. The van der Waals surface area contributed by atoms with Gasteiger partial charge in [0.15, 0.2) is 0 Å². The van der Waals surface area contributed by atoms with Crippen molar-refractivity contribution < 1.29 is 9.59 Å². The summed E-state index contributed by atoms with van der Waals surface area (Å²) in [6, 6.07) is 17.2. The third-order valence-electron chi connectivity index (χ3n) is 8.51. The van der Waals surface area contributed by atoms with Crippen molar-refractivity contribution in [2.75, 3.05) is 18.4 Å². The molecule has 7 heteroatoms. The van der Waals surface area contributed by atoms with Crippen LogP contribution >= 0.6 is 0 Å². The normalized spacial score (nSPS) is 25.1. The Morgan fingerprint density at radius 3 is 2.32 bits per heavy atom. The van der Waals surface area contributed by atoms with Crippen LogP contribution in [0.25, 0.3) is 0 Å². The summed E-state index contributed by atoms with van der Waals surface area (Å²) in [5.41, 5.74) is 4.41. The van der Waals surface area contributed by atoms with Crippen molar-refractivity contribution in [3.63, 3.8) is 0 Å². The molecule has 7 nitrogen and oxygen atoms in total. The maximum atomic E-state index is 13.6. The van der Waals surface area contributed by atoms with Crippen LogP contribution in [0.15, 0.2) is 48.5 Å². The van der Waals surface area contributed by atoms with E-state index in [4.69, 9.17) is 10.2 Å². The monoisotopic (exact) mass is 497 g/mol. The number of hydrogen-bond acceptors (Lipinski definition) is 4. The van der Waals surface area contributed by atoms with Gasteiger partial charge in [-0.1, -0.05) is 48.0 Å². The second-order valence-corrected chi connectivity index (χ2v) is 11.2. The van der Waals surface area contributed by atoms with Crippen LogP contribution in [0.1, 0.15) is 84.7 Å². The Bertz CT molecular complexity index is 1320. The number of nitrogens with one attached hydrogen (secondary N) is 1. The fourth-order valence-corrected chi connectivity index (χ4v) is 6.15. The lowest BCUT2D eigenvalue weighted by Crippen LogP contribution is -2.31. The summed E-state index contributed by atoms with van der Waals surface area (Å²) >= 11 is 0. The summed E-state index contributed by atoms with van der Waals surface area (Å²) in [6.07, 6.45) is 4.40. The number of carbonyl (C=O) groups is 2. The van der Waals surface area contributed by atoms with Crippen molar-refractivity contribution in [1.29, 1.82) is 0 Å². The predicted molar refractivity (Wildman–Crippen MR) is 142 cm³/mol. The highest BCUT2D eigenvalue weighted by atomic mass is 16.2. The number of hydrogen-bond donors (Lipinski definition) is 1. The topological polar surface area (TPSA) is 80.1 Å². The molecule has 1 saturated heterocycles. The fourth-order valence-electron chi connectivity index (χ4n) is 6.15. The van der Waals surface area contributed by atoms with E-state index >= 15 is 0 Å². The van der Waals surface area contributed by atoms with Crippen molar-refractivity contribution in [3.8, 4) is 0 Å². The van der Waals surface area contributed by atoms with Crippen LogP contribution in [0.4, 0.5) is 5.69 Å². The molecule has 3 aromatic rings. The number of nitrogens with zero attached hydrogens (tertiary/aromatic N) is 4. The summed E-state index contributed by atoms with van der Waals surface area (Å²) in [4.78, 5) is 27.8. The Hall–Kier alpha value is -3.48. The van der Waals surface area contributed by atoms with Crippen LogP contribution in [-0.2, 0) is 9.59 Å². The van der Waals surface area contributed by atoms with Gasteiger partial charge in [-0.15, -0.1) is 10.2 Å². The number of likely N-dealkylation sites (tertiary alicyclic amines) is 1. The van der Waals surface area contributed by atoms with Gasteiger partial charge in [0.05, 0.1) is 11.8 Å². The molecule has 1 aromatic heterocycles. The van der Waals surface area contributed by atoms with Gasteiger partial charge >= 0.3 is 0 Å². The smallest absolute Gasteiger partial charge is 0.230 e. The first-order valence-electron chi connectivity index (χ1n) is 13.5. The Labute approximate surface area is 218 Å². The molecule has 1 N–H and O–H groups in total. The van der Waals surface area contributed by atoms with Crippen LogP contribution in [0.2, 0.25) is 0 Å². The quantitative estimate of drug-likeness (QED) is 0.514. The lowest BCUT2D eigenvalue weighted by Gasteiger charge is -2.35. The van der Waals surface area contributed by atoms with E-state index in [2.05, 4.69) is 46.3 Å². The molecule has 37 heavy (non-hydrogen) atoms. The van der Waals surface area contributed by atoms with Gasteiger partial charge < -0.3 is 14.8 Å². The van der Waals surface area contributed by atoms with Crippen molar-refractivity contribution in [1.82, 2.24) is 19.7 Å². The standard InChI is InChI=1S/C30H35N5O2/c1-18-9-12-27(19(2)13-18)31-30(37)26-17-34(20(3)36)16-25(26)29-33-32-28(35(29)24-10-11-24)23-14-22(15-23)21-7-5-4-6-8-21/h4-9,12-13,22-26H,10-11,14-17H2,1-3H3,(H,31,37)/t22-,23+,25-,26-/m0/s1. The maximum Gasteiger partial charge on any atom is 0.230 e. The zero-order valence-electron chi connectivity index (χ0n) is 21.9. The molecule has 1 aliphatic heterocycles. The lowest BCUT2D eigenvalue weighted by molar-refractivity contribution is -0.128. The molecule has 0 bridgehead atoms. The summed E-state index contributed by atoms with van der Waals surface area (Å²) in [5, 5.41) is 12.6. The molecule has 2 aromatic carbocycles. The van der Waals surface area contributed by atoms with Crippen molar-refractivity contribution >= 4 is 17.5 Å². The number of amides is 2. The Morgan fingerprint density at radius 2 is 1.65 bits per heavy atom. The lowest BCUT2D eigenvalue weighted by atomic mass is 9.71. The molecule has 6 rings (SSSR count). The minimum absolute atomic E-state index is 0.00535. The molecule has 3 fully saturated rings. The highest BCUT2D eigenvalue weighted by Gasteiger charge is 2.46. The van der Waals surface area contributed by atoms with E-state index in [1.807, 2.05) is 26.0 Å². The first kappa shape index (κ1) is 23.9. The summed E-state index contributed by atoms with van der Waals surface area (Å²) < 4.78 is 2.34. The largest absolute Gasteiger partial charge is 0.341 e. The van der Waals surface area contributed by atoms with E-state index in [-0.39, 0.29) is 23.7 Å². The van der Waals surface area contributed by atoms with Crippen LogP contribution < -0.4 is 5.32 Å².